The number of carbonyl (C=O) groups excluding carboxylic acids is 4. The van der Waals surface area contributed by atoms with Crippen molar-refractivity contribution in [1.29, 1.82) is 0 Å². The number of anilines is 2. The van der Waals surface area contributed by atoms with E-state index in [1.807, 2.05) is 38.1 Å². The molecule has 9 rings (SSSR count). The van der Waals surface area contributed by atoms with Crippen molar-refractivity contribution < 1.29 is 29.0 Å². The molecule has 0 radical (unpaired) electrons. The molecule has 13 heteroatoms. The normalized spacial score (nSPS) is 26.1. The number of aromatic nitrogens is 2. The maximum absolute atomic E-state index is 15.2. The molecule has 1 saturated carbocycles. The maximum Gasteiger partial charge on any atom is 0.242 e. The first-order chi connectivity index (χ1) is 26.3. The lowest BCUT2D eigenvalue weighted by Gasteiger charge is -2.49. The Morgan fingerprint density at radius 1 is 0.945 bits per heavy atom. The number of benzene rings is 3. The van der Waals surface area contributed by atoms with Crippen molar-refractivity contribution in [3.63, 3.8) is 0 Å². The number of amides is 4. The van der Waals surface area contributed by atoms with Crippen LogP contribution in [0.4, 0.5) is 11.5 Å². The molecule has 2 aliphatic heterocycles. The first-order valence-corrected chi connectivity index (χ1v) is 19.6. The lowest BCUT2D eigenvalue weighted by Crippen LogP contribution is -2.49. The Bertz CT molecular complexity index is 2580. The fraction of sp³-hybridized carbons (Fsp3) is 0.310. The third kappa shape index (κ3) is 4.95. The number of hydrogen-bond acceptors (Lipinski definition) is 8. The molecular weight excluding hydrogens is 759 g/mol. The number of thiophene rings is 1. The van der Waals surface area contributed by atoms with Crippen LogP contribution in [0.3, 0.4) is 0 Å². The van der Waals surface area contributed by atoms with E-state index in [0.29, 0.717) is 32.8 Å². The summed E-state index contributed by atoms with van der Waals surface area (Å²) in [5.41, 5.74) is 2.60. The van der Waals surface area contributed by atoms with E-state index in [2.05, 4.69) is 0 Å². The van der Waals surface area contributed by atoms with Crippen molar-refractivity contribution in [2.45, 2.75) is 39.5 Å². The van der Waals surface area contributed by atoms with Gasteiger partial charge in [0, 0.05) is 39.3 Å². The largest absolute Gasteiger partial charge is 0.504 e. The van der Waals surface area contributed by atoms with Crippen LogP contribution < -0.4 is 14.5 Å². The fourth-order valence-corrected chi connectivity index (χ4v) is 11.2. The number of nitrogens with zero attached hydrogens (tertiary/aromatic N) is 4. The van der Waals surface area contributed by atoms with Crippen LogP contribution in [0, 0.1) is 42.9 Å². The zero-order valence-corrected chi connectivity index (χ0v) is 32.9. The van der Waals surface area contributed by atoms with Crippen molar-refractivity contribution in [2.24, 2.45) is 36.1 Å². The van der Waals surface area contributed by atoms with Crippen LogP contribution in [0.15, 0.2) is 72.3 Å². The van der Waals surface area contributed by atoms with Crippen molar-refractivity contribution in [3.8, 4) is 22.1 Å². The zero-order chi connectivity index (χ0) is 38.8. The molecule has 2 saturated heterocycles. The molecule has 3 aromatic carbocycles. The molecule has 4 heterocycles. The second kappa shape index (κ2) is 12.5. The van der Waals surface area contributed by atoms with Gasteiger partial charge in [-0.05, 0) is 92.4 Å². The summed E-state index contributed by atoms with van der Waals surface area (Å²) in [6, 6.07) is 17.7. The minimum atomic E-state index is -1.37. The smallest absolute Gasteiger partial charge is 0.242 e. The van der Waals surface area contributed by atoms with Gasteiger partial charge in [0.05, 0.1) is 40.8 Å². The van der Waals surface area contributed by atoms with E-state index in [4.69, 9.17) is 33.0 Å². The number of hydrogen-bond donors (Lipinski definition) is 1. The van der Waals surface area contributed by atoms with Crippen molar-refractivity contribution in [3.05, 3.63) is 99.0 Å². The average Bonchev–Trinajstić information content (AvgIpc) is 3.83. The van der Waals surface area contributed by atoms with Gasteiger partial charge < -0.3 is 9.84 Å². The molecule has 4 amide bonds. The summed E-state index contributed by atoms with van der Waals surface area (Å²) in [5.74, 6) is -4.89. The minimum absolute atomic E-state index is 0.148. The highest BCUT2D eigenvalue weighted by Crippen LogP contribution is 2.65. The third-order valence-corrected chi connectivity index (χ3v) is 14.4. The van der Waals surface area contributed by atoms with E-state index in [0.717, 1.165) is 31.7 Å². The Balaban J connectivity index is 1.16. The van der Waals surface area contributed by atoms with Gasteiger partial charge in [-0.25, -0.2) is 9.80 Å². The highest BCUT2D eigenvalue weighted by molar-refractivity contribution is 7.22. The number of imide groups is 2. The van der Waals surface area contributed by atoms with E-state index < -0.39 is 46.8 Å². The minimum Gasteiger partial charge on any atom is -0.504 e. The summed E-state index contributed by atoms with van der Waals surface area (Å²) >= 11 is 14.3. The summed E-state index contributed by atoms with van der Waals surface area (Å²) < 4.78 is 8.09. The number of allylic oxidation sites excluding steroid dienone is 2. The Labute approximate surface area is 330 Å². The van der Waals surface area contributed by atoms with Crippen LogP contribution in [0.25, 0.3) is 20.7 Å². The standard InChI is InChI=1S/C42H36Cl2N4O6S/c1-19-9-11-22(16-29(19)44)47-38(50)24-13-12-23-27(34(24)40(47)52)17-28-39(51)48(41(53)42(28,3)35(23)25-7-6-8-31(54-5)36(25)49)33-18-30(45-46(33)4)37-20(2)26-15-21(43)10-14-32(26)55-37/h6-12,14-16,18,24,27-28,34-35,49H,13,17H2,1-5H3. The SMILES string of the molecule is COc1cccc(C2C3=CCC4C(=O)N(c5ccc(C)c(Cl)c5)C(=O)C4C3CC3C(=O)N(c4cc(-c5sc6ccc(Cl)cc6c5C)nn4C)C(=O)C32C)c1O. The number of phenolic OH excluding ortho intramolecular Hbond substituents is 1. The predicted octanol–water partition coefficient (Wildman–Crippen LogP) is 8.37. The third-order valence-electron chi connectivity index (χ3n) is 12.5. The lowest BCUT2D eigenvalue weighted by molar-refractivity contribution is -0.131. The molecule has 280 valence electrons. The number of halogens is 2. The second-order valence-corrected chi connectivity index (χ2v) is 17.1. The molecule has 3 fully saturated rings. The van der Waals surface area contributed by atoms with Crippen LogP contribution >= 0.6 is 34.5 Å². The molecule has 2 aromatic heterocycles. The van der Waals surface area contributed by atoms with Crippen molar-refractivity contribution in [2.75, 3.05) is 16.9 Å². The van der Waals surface area contributed by atoms with Crippen molar-refractivity contribution >= 4 is 79.8 Å². The second-order valence-electron chi connectivity index (χ2n) is 15.2. The van der Waals surface area contributed by atoms with Gasteiger partial charge in [-0.1, -0.05) is 53.1 Å². The molecule has 6 atom stereocenters. The van der Waals surface area contributed by atoms with Crippen LogP contribution in [0.2, 0.25) is 10.0 Å². The Morgan fingerprint density at radius 3 is 2.47 bits per heavy atom. The van der Waals surface area contributed by atoms with Crippen LogP contribution in [0.5, 0.6) is 11.5 Å². The average molecular weight is 796 g/mol. The van der Waals surface area contributed by atoms with E-state index in [1.165, 1.54) is 16.9 Å². The van der Waals surface area contributed by atoms with Gasteiger partial charge >= 0.3 is 0 Å². The Hall–Kier alpha value is -4.97. The molecular formula is C42H36Cl2N4O6S. The number of phenols is 1. The molecule has 55 heavy (non-hydrogen) atoms. The topological polar surface area (TPSA) is 122 Å². The number of ether oxygens (including phenoxy) is 1. The summed E-state index contributed by atoms with van der Waals surface area (Å²) in [6.45, 7) is 5.63. The molecule has 6 unspecified atom stereocenters. The number of aromatic hydroxyl groups is 1. The van der Waals surface area contributed by atoms with E-state index in [-0.39, 0.29) is 36.2 Å². The Kier molecular flexibility index (Phi) is 8.13. The van der Waals surface area contributed by atoms with E-state index >= 15 is 4.79 Å². The van der Waals surface area contributed by atoms with Crippen molar-refractivity contribution in [1.82, 2.24) is 9.78 Å². The summed E-state index contributed by atoms with van der Waals surface area (Å²) in [6.07, 6.45) is 2.37. The molecule has 10 nitrogen and oxygen atoms in total. The fourth-order valence-electron chi connectivity index (χ4n) is 9.71. The van der Waals surface area contributed by atoms with Gasteiger partial charge in [-0.15, -0.1) is 11.3 Å². The van der Waals surface area contributed by atoms with Gasteiger partial charge in [0.15, 0.2) is 11.5 Å². The number of para-hydroxylation sites is 1. The summed E-state index contributed by atoms with van der Waals surface area (Å²) in [7, 11) is 3.15. The van der Waals surface area contributed by atoms with Gasteiger partial charge in [0.2, 0.25) is 23.6 Å². The maximum atomic E-state index is 15.2. The van der Waals surface area contributed by atoms with E-state index in [1.54, 1.807) is 72.5 Å². The van der Waals surface area contributed by atoms with Gasteiger partial charge in [0.25, 0.3) is 0 Å². The summed E-state index contributed by atoms with van der Waals surface area (Å²) in [5, 5.41) is 18.5. The number of rotatable bonds is 5. The van der Waals surface area contributed by atoms with Gasteiger partial charge in [-0.3, -0.25) is 23.9 Å². The van der Waals surface area contributed by atoms with Crippen LogP contribution in [-0.2, 0) is 26.2 Å². The molecule has 0 bridgehead atoms. The molecule has 1 N–H and O–H groups in total. The number of carbonyl (C=O) groups is 4. The number of methoxy groups -OCH3 is 1. The van der Waals surface area contributed by atoms with E-state index in [9.17, 15) is 19.5 Å². The molecule has 4 aliphatic rings. The lowest BCUT2D eigenvalue weighted by atomic mass is 9.51. The van der Waals surface area contributed by atoms with Gasteiger partial charge in [0.1, 0.15) is 11.5 Å². The first kappa shape index (κ1) is 35.7. The monoisotopic (exact) mass is 794 g/mol. The number of fused-ring (bicyclic) bond motifs is 5. The van der Waals surface area contributed by atoms with Crippen LogP contribution in [0.1, 0.15) is 42.4 Å². The quantitative estimate of drug-likeness (QED) is 0.140. The number of aryl methyl sites for hydroxylation is 3. The van der Waals surface area contributed by atoms with Gasteiger partial charge in [-0.2, -0.15) is 5.10 Å². The molecule has 2 aliphatic carbocycles. The Morgan fingerprint density at radius 2 is 1.73 bits per heavy atom. The predicted molar refractivity (Wildman–Crippen MR) is 212 cm³/mol. The molecule has 0 spiro atoms. The highest BCUT2D eigenvalue weighted by atomic mass is 35.5. The zero-order valence-electron chi connectivity index (χ0n) is 30.6. The summed E-state index contributed by atoms with van der Waals surface area (Å²) in [4.78, 5) is 61.9. The first-order valence-electron chi connectivity index (χ1n) is 18.1. The molecule has 5 aromatic rings. The van der Waals surface area contributed by atoms with Crippen LogP contribution in [-0.4, -0.2) is 45.6 Å². The highest BCUT2D eigenvalue weighted by Gasteiger charge is 2.68.